The molecule has 0 unspecified atom stereocenters. The fourth-order valence-electron chi connectivity index (χ4n) is 5.59. The lowest BCUT2D eigenvalue weighted by Crippen LogP contribution is -2.54. The Kier molecular flexibility index (Phi) is 11.3. The summed E-state index contributed by atoms with van der Waals surface area (Å²) in [6.45, 7) is 10.9. The number of nitrogens with zero attached hydrogens (tertiary/aromatic N) is 2. The number of carboxylic acid groups (broad SMARTS) is 1. The average molecular weight is 540 g/mol. The van der Waals surface area contributed by atoms with Crippen LogP contribution in [-0.4, -0.2) is 58.6 Å². The van der Waals surface area contributed by atoms with Crippen LogP contribution in [0.3, 0.4) is 0 Å². The molecule has 0 aromatic heterocycles. The van der Waals surface area contributed by atoms with Crippen LogP contribution in [0.5, 0.6) is 0 Å². The Balaban J connectivity index is 1.75. The highest BCUT2D eigenvalue weighted by molar-refractivity contribution is 5.81. The summed E-state index contributed by atoms with van der Waals surface area (Å²) in [5.41, 5.74) is 1.63. The highest BCUT2D eigenvalue weighted by Gasteiger charge is 2.38. The zero-order valence-corrected chi connectivity index (χ0v) is 24.0. The topological polar surface area (TPSA) is 72.9 Å². The Morgan fingerprint density at radius 3 is 2.31 bits per heavy atom. The molecule has 1 fully saturated rings. The molecule has 39 heavy (non-hydrogen) atoms. The number of benzene rings is 2. The van der Waals surface area contributed by atoms with E-state index >= 15 is 0 Å². The Morgan fingerprint density at radius 2 is 1.69 bits per heavy atom. The molecule has 0 aliphatic heterocycles. The van der Waals surface area contributed by atoms with Gasteiger partial charge in [-0.05, 0) is 80.8 Å². The number of nitrogens with one attached hydrogen (secondary N) is 1. The maximum Gasteiger partial charge on any atom is 0.407 e. The standard InChI is InChI=1S/C32H46FN3O3/c1-5-19-35(20-9-12-24-13-15-27(33)16-14-24)23-26-21-28(34-30(37)32(2,3)4)17-18-29(26)36(31(38)39)22-25-10-7-6-8-11-25/h6-8,10-11,13-16,26,28-29H,5,9,12,17-23H2,1-4H3,(H,34,37)(H,38,39)/t26-,28+,29+/m0/s1. The smallest absolute Gasteiger partial charge is 0.407 e. The van der Waals surface area contributed by atoms with E-state index in [2.05, 4.69) is 17.1 Å². The minimum atomic E-state index is -0.899. The SMILES string of the molecule is CCCN(CCCc1ccc(F)cc1)C[C@@H]1C[C@H](NC(=O)C(C)(C)C)CC[C@H]1N(Cc1ccccc1)C(=O)O. The molecule has 3 rings (SSSR count). The van der Waals surface area contributed by atoms with Gasteiger partial charge in [0.2, 0.25) is 5.91 Å². The number of hydrogen-bond donors (Lipinski definition) is 2. The molecule has 0 radical (unpaired) electrons. The van der Waals surface area contributed by atoms with Crippen molar-refractivity contribution in [2.45, 2.75) is 84.8 Å². The minimum Gasteiger partial charge on any atom is -0.465 e. The molecule has 6 nitrogen and oxygen atoms in total. The summed E-state index contributed by atoms with van der Waals surface area (Å²) < 4.78 is 13.3. The third-order valence-electron chi connectivity index (χ3n) is 7.69. The van der Waals surface area contributed by atoms with Crippen LogP contribution < -0.4 is 5.32 Å². The van der Waals surface area contributed by atoms with Gasteiger partial charge in [0.1, 0.15) is 5.82 Å². The summed E-state index contributed by atoms with van der Waals surface area (Å²) in [6.07, 6.45) is 4.15. The van der Waals surface area contributed by atoms with Crippen molar-refractivity contribution in [3.8, 4) is 0 Å². The van der Waals surface area contributed by atoms with E-state index in [1.165, 1.54) is 12.1 Å². The average Bonchev–Trinajstić information content (AvgIpc) is 2.89. The van der Waals surface area contributed by atoms with Crippen molar-refractivity contribution >= 4 is 12.0 Å². The van der Waals surface area contributed by atoms with E-state index < -0.39 is 11.5 Å². The maximum absolute atomic E-state index is 13.3. The fraction of sp³-hybridized carbons (Fsp3) is 0.562. The van der Waals surface area contributed by atoms with Crippen molar-refractivity contribution in [2.75, 3.05) is 19.6 Å². The Hall–Kier alpha value is -2.93. The molecule has 1 aliphatic carbocycles. The second kappa shape index (κ2) is 14.5. The Morgan fingerprint density at radius 1 is 1.00 bits per heavy atom. The summed E-state index contributed by atoms with van der Waals surface area (Å²) in [7, 11) is 0. The predicted octanol–water partition coefficient (Wildman–Crippen LogP) is 6.35. The second-order valence-corrected chi connectivity index (χ2v) is 12.0. The van der Waals surface area contributed by atoms with Crippen LogP contribution in [0.2, 0.25) is 0 Å². The molecule has 2 aromatic rings. The number of carbonyl (C=O) groups excluding carboxylic acids is 1. The molecule has 214 valence electrons. The summed E-state index contributed by atoms with van der Waals surface area (Å²) in [5.74, 6) is -0.0868. The van der Waals surface area contributed by atoms with Gasteiger partial charge in [-0.3, -0.25) is 4.79 Å². The molecule has 3 atom stereocenters. The highest BCUT2D eigenvalue weighted by atomic mass is 19.1. The first-order chi connectivity index (χ1) is 18.6. The van der Waals surface area contributed by atoms with Gasteiger partial charge in [-0.2, -0.15) is 0 Å². The lowest BCUT2D eigenvalue weighted by Gasteiger charge is -2.44. The van der Waals surface area contributed by atoms with Crippen LogP contribution in [0.1, 0.15) is 70.9 Å². The first kappa shape index (κ1) is 30.6. The van der Waals surface area contributed by atoms with Gasteiger partial charge in [0.05, 0.1) is 0 Å². The van der Waals surface area contributed by atoms with E-state index in [9.17, 15) is 19.1 Å². The normalized spacial score (nSPS) is 19.6. The number of halogens is 1. The molecule has 0 heterocycles. The molecule has 2 amide bonds. The molecule has 0 bridgehead atoms. The summed E-state index contributed by atoms with van der Waals surface area (Å²) >= 11 is 0. The predicted molar refractivity (Wildman–Crippen MR) is 154 cm³/mol. The van der Waals surface area contributed by atoms with Crippen LogP contribution in [0.15, 0.2) is 54.6 Å². The number of aryl methyl sites for hydroxylation is 1. The largest absolute Gasteiger partial charge is 0.465 e. The van der Waals surface area contributed by atoms with Crippen molar-refractivity contribution in [2.24, 2.45) is 11.3 Å². The van der Waals surface area contributed by atoms with Crippen molar-refractivity contribution in [1.29, 1.82) is 0 Å². The van der Waals surface area contributed by atoms with E-state index in [-0.39, 0.29) is 29.7 Å². The van der Waals surface area contributed by atoms with Crippen molar-refractivity contribution < 1.29 is 19.1 Å². The van der Waals surface area contributed by atoms with Crippen LogP contribution in [0.25, 0.3) is 0 Å². The Labute approximate surface area is 233 Å². The van der Waals surface area contributed by atoms with Gasteiger partial charge >= 0.3 is 6.09 Å². The van der Waals surface area contributed by atoms with Crippen LogP contribution in [0, 0.1) is 17.2 Å². The molecule has 7 heteroatoms. The highest BCUT2D eigenvalue weighted by Crippen LogP contribution is 2.32. The molecule has 2 aromatic carbocycles. The lowest BCUT2D eigenvalue weighted by molar-refractivity contribution is -0.129. The number of carbonyl (C=O) groups is 2. The first-order valence-corrected chi connectivity index (χ1v) is 14.4. The van der Waals surface area contributed by atoms with Gasteiger partial charge in [-0.15, -0.1) is 0 Å². The summed E-state index contributed by atoms with van der Waals surface area (Å²) in [4.78, 5) is 29.4. The molecule has 2 N–H and O–H groups in total. The van der Waals surface area contributed by atoms with E-state index in [0.29, 0.717) is 13.0 Å². The van der Waals surface area contributed by atoms with Gasteiger partial charge < -0.3 is 20.2 Å². The van der Waals surface area contributed by atoms with Gasteiger partial charge in [0.25, 0.3) is 0 Å². The van der Waals surface area contributed by atoms with E-state index in [4.69, 9.17) is 0 Å². The minimum absolute atomic E-state index is 0.0352. The van der Waals surface area contributed by atoms with Crippen LogP contribution >= 0.6 is 0 Å². The molecule has 0 saturated heterocycles. The summed E-state index contributed by atoms with van der Waals surface area (Å²) in [5, 5.41) is 13.5. The van der Waals surface area contributed by atoms with Gasteiger partial charge in [-0.25, -0.2) is 9.18 Å². The van der Waals surface area contributed by atoms with Crippen LogP contribution in [0.4, 0.5) is 9.18 Å². The Bertz CT molecular complexity index is 1040. The lowest BCUT2D eigenvalue weighted by atomic mass is 9.79. The molecular formula is C32H46FN3O3. The third kappa shape index (κ3) is 9.64. The van der Waals surface area contributed by atoms with Gasteiger partial charge in [0, 0.05) is 30.6 Å². The van der Waals surface area contributed by atoms with E-state index in [1.807, 2.05) is 63.2 Å². The van der Waals surface area contributed by atoms with Gasteiger partial charge in [-0.1, -0.05) is 70.2 Å². The zero-order valence-electron chi connectivity index (χ0n) is 24.0. The number of rotatable bonds is 12. The molecule has 1 saturated carbocycles. The summed E-state index contributed by atoms with van der Waals surface area (Å²) in [6, 6.07) is 16.4. The van der Waals surface area contributed by atoms with Crippen molar-refractivity contribution in [3.05, 3.63) is 71.5 Å². The third-order valence-corrected chi connectivity index (χ3v) is 7.69. The first-order valence-electron chi connectivity index (χ1n) is 14.4. The molecule has 0 spiro atoms. The van der Waals surface area contributed by atoms with Crippen molar-refractivity contribution in [3.63, 3.8) is 0 Å². The van der Waals surface area contributed by atoms with Crippen molar-refractivity contribution in [1.82, 2.24) is 15.1 Å². The fourth-order valence-corrected chi connectivity index (χ4v) is 5.59. The van der Waals surface area contributed by atoms with Crippen LogP contribution in [-0.2, 0) is 17.8 Å². The number of amides is 2. The van der Waals surface area contributed by atoms with Gasteiger partial charge in [0.15, 0.2) is 0 Å². The number of hydrogen-bond acceptors (Lipinski definition) is 3. The molecular weight excluding hydrogens is 493 g/mol. The maximum atomic E-state index is 13.3. The second-order valence-electron chi connectivity index (χ2n) is 12.0. The van der Waals surface area contributed by atoms with E-state index in [0.717, 1.165) is 62.9 Å². The monoisotopic (exact) mass is 539 g/mol. The van der Waals surface area contributed by atoms with E-state index in [1.54, 1.807) is 4.90 Å². The quantitative estimate of drug-likeness (QED) is 0.330. The zero-order chi connectivity index (χ0) is 28.4. The molecule has 1 aliphatic rings.